The zero-order chi connectivity index (χ0) is 12.9. The van der Waals surface area contributed by atoms with Crippen LogP contribution in [-0.2, 0) is 6.54 Å². The first-order valence-electron chi connectivity index (χ1n) is 5.99. The van der Waals surface area contributed by atoms with Gasteiger partial charge in [-0.15, -0.1) is 0 Å². The van der Waals surface area contributed by atoms with Gasteiger partial charge >= 0.3 is 0 Å². The summed E-state index contributed by atoms with van der Waals surface area (Å²) >= 11 is 0. The molecule has 3 rings (SSSR count). The number of anilines is 1. The number of rotatable bonds is 4. The second-order valence-electron chi connectivity index (χ2n) is 4.07. The van der Waals surface area contributed by atoms with Crippen molar-refractivity contribution < 1.29 is 0 Å². The molecule has 3 aromatic rings. The number of hydrogen-bond acceptors (Lipinski definition) is 4. The van der Waals surface area contributed by atoms with E-state index in [4.69, 9.17) is 0 Å². The molecule has 2 aromatic heterocycles. The predicted molar refractivity (Wildman–Crippen MR) is 72.9 cm³/mol. The van der Waals surface area contributed by atoms with Crippen molar-refractivity contribution in [3.05, 3.63) is 67.3 Å². The largest absolute Gasteiger partial charge is 0.379 e. The van der Waals surface area contributed by atoms with Crippen LogP contribution in [0.15, 0.2) is 61.6 Å². The third kappa shape index (κ3) is 2.77. The van der Waals surface area contributed by atoms with Crippen molar-refractivity contribution in [2.75, 3.05) is 5.32 Å². The molecule has 94 valence electrons. The Morgan fingerprint density at radius 2 is 2.11 bits per heavy atom. The van der Waals surface area contributed by atoms with Gasteiger partial charge in [-0.3, -0.25) is 0 Å². The number of benzene rings is 1. The van der Waals surface area contributed by atoms with Crippen molar-refractivity contribution in [2.45, 2.75) is 6.54 Å². The van der Waals surface area contributed by atoms with Crippen molar-refractivity contribution in [1.82, 2.24) is 19.5 Å². The van der Waals surface area contributed by atoms with Gasteiger partial charge in [-0.1, -0.05) is 6.07 Å². The van der Waals surface area contributed by atoms with E-state index in [2.05, 4.69) is 26.3 Å². The van der Waals surface area contributed by atoms with Gasteiger partial charge in [-0.2, -0.15) is 0 Å². The first kappa shape index (κ1) is 11.4. The lowest BCUT2D eigenvalue weighted by atomic mass is 10.2. The molecule has 19 heavy (non-hydrogen) atoms. The molecular formula is C14H13N5. The fourth-order valence-electron chi connectivity index (χ4n) is 1.80. The molecule has 0 unspecified atom stereocenters. The molecule has 0 aliphatic carbocycles. The summed E-state index contributed by atoms with van der Waals surface area (Å²) in [6, 6.07) is 10.0. The van der Waals surface area contributed by atoms with E-state index in [1.165, 1.54) is 0 Å². The standard InChI is InChI=1S/C14H13N5/c1-2-12(17-9-13-4-5-15-10-18-13)8-14(3-1)19-7-6-16-11-19/h1-8,10-11,17H,9H2. The molecule has 0 atom stereocenters. The highest BCUT2D eigenvalue weighted by Gasteiger charge is 1.98. The Balaban J connectivity index is 1.74. The van der Waals surface area contributed by atoms with Crippen LogP contribution in [0.3, 0.4) is 0 Å². The summed E-state index contributed by atoms with van der Waals surface area (Å²) in [6.07, 6.45) is 8.76. The molecule has 0 saturated carbocycles. The second-order valence-corrected chi connectivity index (χ2v) is 4.07. The first-order valence-corrected chi connectivity index (χ1v) is 5.99. The maximum Gasteiger partial charge on any atom is 0.115 e. The summed E-state index contributed by atoms with van der Waals surface area (Å²) in [5, 5.41) is 3.34. The van der Waals surface area contributed by atoms with Gasteiger partial charge in [0.15, 0.2) is 0 Å². The van der Waals surface area contributed by atoms with Gasteiger partial charge in [0.1, 0.15) is 6.33 Å². The summed E-state index contributed by atoms with van der Waals surface area (Å²) in [7, 11) is 0. The lowest BCUT2D eigenvalue weighted by Crippen LogP contribution is -2.02. The van der Waals surface area contributed by atoms with E-state index < -0.39 is 0 Å². The summed E-state index contributed by atoms with van der Waals surface area (Å²) in [5.41, 5.74) is 3.08. The van der Waals surface area contributed by atoms with Crippen LogP contribution in [0, 0.1) is 0 Å². The molecule has 0 aliphatic rings. The number of aromatic nitrogens is 4. The lowest BCUT2D eigenvalue weighted by molar-refractivity contribution is 1.00. The molecule has 5 heteroatoms. The highest BCUT2D eigenvalue weighted by Crippen LogP contribution is 2.14. The smallest absolute Gasteiger partial charge is 0.115 e. The van der Waals surface area contributed by atoms with Crippen molar-refractivity contribution in [3.63, 3.8) is 0 Å². The van der Waals surface area contributed by atoms with Crippen LogP contribution >= 0.6 is 0 Å². The summed E-state index contributed by atoms with van der Waals surface area (Å²) in [4.78, 5) is 12.1. The van der Waals surface area contributed by atoms with Crippen molar-refractivity contribution in [3.8, 4) is 5.69 Å². The van der Waals surface area contributed by atoms with Crippen molar-refractivity contribution in [2.24, 2.45) is 0 Å². The number of imidazole rings is 1. The molecule has 1 N–H and O–H groups in total. The van der Waals surface area contributed by atoms with Gasteiger partial charge in [0.2, 0.25) is 0 Å². The maximum absolute atomic E-state index is 4.18. The van der Waals surface area contributed by atoms with Crippen LogP contribution in [-0.4, -0.2) is 19.5 Å². The zero-order valence-corrected chi connectivity index (χ0v) is 10.3. The Kier molecular flexibility index (Phi) is 3.18. The molecule has 5 nitrogen and oxygen atoms in total. The molecule has 2 heterocycles. The van der Waals surface area contributed by atoms with Crippen LogP contribution in [0.4, 0.5) is 5.69 Å². The molecule has 0 bridgehead atoms. The third-order valence-electron chi connectivity index (χ3n) is 2.77. The van der Waals surface area contributed by atoms with Crippen LogP contribution < -0.4 is 5.32 Å². The minimum atomic E-state index is 0.676. The summed E-state index contributed by atoms with van der Waals surface area (Å²) < 4.78 is 1.97. The fraction of sp³-hybridized carbons (Fsp3) is 0.0714. The lowest BCUT2D eigenvalue weighted by Gasteiger charge is -2.08. The van der Waals surface area contributed by atoms with Gasteiger partial charge in [0, 0.05) is 30.0 Å². The molecule has 0 spiro atoms. The fourth-order valence-corrected chi connectivity index (χ4v) is 1.80. The predicted octanol–water partition coefficient (Wildman–Crippen LogP) is 2.27. The Morgan fingerprint density at radius 3 is 2.89 bits per heavy atom. The van der Waals surface area contributed by atoms with Crippen LogP contribution in [0.5, 0.6) is 0 Å². The number of nitrogens with one attached hydrogen (secondary N) is 1. The molecule has 0 radical (unpaired) electrons. The summed E-state index contributed by atoms with van der Waals surface area (Å²) in [5.74, 6) is 0. The normalized spacial score (nSPS) is 10.3. The SMILES string of the molecule is c1cc(NCc2ccncn2)cc(-n2ccnc2)c1. The average molecular weight is 251 g/mol. The van der Waals surface area contributed by atoms with E-state index in [1.54, 1.807) is 25.0 Å². The quantitative estimate of drug-likeness (QED) is 0.773. The highest BCUT2D eigenvalue weighted by molar-refractivity contribution is 5.51. The first-order chi connectivity index (χ1) is 9.42. The van der Waals surface area contributed by atoms with Gasteiger partial charge < -0.3 is 9.88 Å². The van der Waals surface area contributed by atoms with Gasteiger partial charge in [-0.05, 0) is 24.3 Å². The second kappa shape index (κ2) is 5.30. The average Bonchev–Trinajstić information content (AvgIpc) is 3.01. The van der Waals surface area contributed by atoms with Gasteiger partial charge in [0.25, 0.3) is 0 Å². The number of hydrogen-bond donors (Lipinski definition) is 1. The molecule has 0 saturated heterocycles. The van der Waals surface area contributed by atoms with E-state index in [0.29, 0.717) is 6.54 Å². The number of nitrogens with zero attached hydrogens (tertiary/aromatic N) is 4. The topological polar surface area (TPSA) is 55.6 Å². The van der Waals surface area contributed by atoms with Crippen LogP contribution in [0.1, 0.15) is 5.69 Å². The van der Waals surface area contributed by atoms with Crippen LogP contribution in [0.25, 0.3) is 5.69 Å². The van der Waals surface area contributed by atoms with E-state index in [1.807, 2.05) is 35.0 Å². The monoisotopic (exact) mass is 251 g/mol. The Morgan fingerprint density at radius 1 is 1.11 bits per heavy atom. The molecular weight excluding hydrogens is 238 g/mol. The Bertz CT molecular complexity index is 634. The molecule has 1 aromatic carbocycles. The maximum atomic E-state index is 4.18. The minimum absolute atomic E-state index is 0.676. The summed E-state index contributed by atoms with van der Waals surface area (Å²) in [6.45, 7) is 0.676. The van der Waals surface area contributed by atoms with Crippen molar-refractivity contribution >= 4 is 5.69 Å². The Labute approximate surface area is 111 Å². The van der Waals surface area contributed by atoms with E-state index in [-0.39, 0.29) is 0 Å². The molecule has 0 amide bonds. The zero-order valence-electron chi connectivity index (χ0n) is 10.3. The molecule has 0 fully saturated rings. The van der Waals surface area contributed by atoms with E-state index in [0.717, 1.165) is 17.1 Å². The van der Waals surface area contributed by atoms with Gasteiger partial charge in [-0.25, -0.2) is 15.0 Å². The van der Waals surface area contributed by atoms with E-state index in [9.17, 15) is 0 Å². The third-order valence-corrected chi connectivity index (χ3v) is 2.77. The van der Waals surface area contributed by atoms with Gasteiger partial charge in [0.05, 0.1) is 18.6 Å². The minimum Gasteiger partial charge on any atom is -0.379 e. The molecule has 0 aliphatic heterocycles. The highest BCUT2D eigenvalue weighted by atomic mass is 15.0. The van der Waals surface area contributed by atoms with Crippen molar-refractivity contribution in [1.29, 1.82) is 0 Å². The Hall–Kier alpha value is -2.69. The van der Waals surface area contributed by atoms with E-state index >= 15 is 0 Å². The van der Waals surface area contributed by atoms with Crippen LogP contribution in [0.2, 0.25) is 0 Å².